The van der Waals surface area contributed by atoms with E-state index < -0.39 is 5.60 Å². The van der Waals surface area contributed by atoms with Crippen molar-refractivity contribution in [1.82, 2.24) is 10.6 Å². The lowest BCUT2D eigenvalue weighted by Gasteiger charge is -2.39. The zero-order valence-electron chi connectivity index (χ0n) is 16.0. The van der Waals surface area contributed by atoms with E-state index in [0.717, 1.165) is 24.2 Å². The second-order valence-corrected chi connectivity index (χ2v) is 6.95. The van der Waals surface area contributed by atoms with Gasteiger partial charge in [-0.05, 0) is 36.5 Å². The molecule has 0 spiro atoms. The van der Waals surface area contributed by atoms with E-state index in [1.54, 1.807) is 0 Å². The molecule has 3 rings (SSSR count). The number of urea groups is 1. The fraction of sp³-hybridized carbons (Fsp3) is 0.409. The average molecular weight is 384 g/mol. The molecule has 3 N–H and O–H groups in total. The Labute approximate surface area is 165 Å². The molecule has 28 heavy (non-hydrogen) atoms. The third kappa shape index (κ3) is 5.47. The molecule has 1 aliphatic heterocycles. The summed E-state index contributed by atoms with van der Waals surface area (Å²) in [5.74, 6) is 0.799. The lowest BCUT2D eigenvalue weighted by molar-refractivity contribution is -0.0676. The maximum absolute atomic E-state index is 12.2. The predicted molar refractivity (Wildman–Crippen MR) is 107 cm³/mol. The number of hydrogen-bond acceptors (Lipinski definition) is 4. The summed E-state index contributed by atoms with van der Waals surface area (Å²) in [6.07, 6.45) is 1.53. The van der Waals surface area contributed by atoms with Gasteiger partial charge in [0.25, 0.3) is 0 Å². The van der Waals surface area contributed by atoms with E-state index in [2.05, 4.69) is 10.6 Å². The van der Waals surface area contributed by atoms with Crippen LogP contribution in [-0.4, -0.2) is 44.0 Å². The van der Waals surface area contributed by atoms with Crippen molar-refractivity contribution in [1.29, 1.82) is 0 Å². The molecule has 1 fully saturated rings. The van der Waals surface area contributed by atoms with E-state index in [-0.39, 0.29) is 18.5 Å². The Morgan fingerprint density at radius 2 is 1.68 bits per heavy atom. The van der Waals surface area contributed by atoms with Crippen LogP contribution in [0.25, 0.3) is 0 Å². The van der Waals surface area contributed by atoms with Gasteiger partial charge in [-0.15, -0.1) is 0 Å². The van der Waals surface area contributed by atoms with Gasteiger partial charge in [0.15, 0.2) is 0 Å². The van der Waals surface area contributed by atoms with Gasteiger partial charge in [0.2, 0.25) is 0 Å². The summed E-state index contributed by atoms with van der Waals surface area (Å²) in [6, 6.07) is 18.7. The summed E-state index contributed by atoms with van der Waals surface area (Å²) in [6.45, 7) is 2.15. The second kappa shape index (κ2) is 10.1. The highest BCUT2D eigenvalue weighted by atomic mass is 16.5. The first-order valence-electron chi connectivity index (χ1n) is 9.74. The van der Waals surface area contributed by atoms with E-state index in [1.807, 2.05) is 60.7 Å². The Balaban J connectivity index is 1.50. The third-order valence-electron chi connectivity index (χ3n) is 5.09. The van der Waals surface area contributed by atoms with Gasteiger partial charge in [-0.25, -0.2) is 4.79 Å². The minimum Gasteiger partial charge on any atom is -0.492 e. The van der Waals surface area contributed by atoms with Crippen LogP contribution in [0.3, 0.4) is 0 Å². The molecule has 150 valence electrons. The molecule has 1 unspecified atom stereocenters. The molecule has 1 saturated heterocycles. The molecule has 6 nitrogen and oxygen atoms in total. The van der Waals surface area contributed by atoms with Gasteiger partial charge in [0, 0.05) is 13.2 Å². The van der Waals surface area contributed by atoms with Crippen molar-refractivity contribution in [3.8, 4) is 5.75 Å². The highest BCUT2D eigenvalue weighted by molar-refractivity contribution is 5.73. The molecule has 0 saturated carbocycles. The molecule has 1 aliphatic rings. The van der Waals surface area contributed by atoms with Gasteiger partial charge < -0.3 is 25.2 Å². The van der Waals surface area contributed by atoms with Gasteiger partial charge in [0.1, 0.15) is 18.0 Å². The number of nitrogens with one attached hydrogen (secondary N) is 2. The van der Waals surface area contributed by atoms with Crippen LogP contribution in [0.5, 0.6) is 5.75 Å². The minimum absolute atomic E-state index is 0.0327. The molecule has 1 heterocycles. The molecule has 0 radical (unpaired) electrons. The van der Waals surface area contributed by atoms with Crippen molar-refractivity contribution in [2.75, 3.05) is 32.9 Å². The molecular weight excluding hydrogens is 356 g/mol. The fourth-order valence-electron chi connectivity index (χ4n) is 3.51. The highest BCUT2D eigenvalue weighted by Gasteiger charge is 2.39. The van der Waals surface area contributed by atoms with Crippen molar-refractivity contribution in [2.24, 2.45) is 5.92 Å². The molecule has 0 bridgehead atoms. The Hall–Kier alpha value is -2.57. The van der Waals surface area contributed by atoms with Gasteiger partial charge in [-0.1, -0.05) is 48.5 Å². The quantitative estimate of drug-likeness (QED) is 0.612. The summed E-state index contributed by atoms with van der Waals surface area (Å²) in [7, 11) is 0. The third-order valence-corrected chi connectivity index (χ3v) is 5.09. The first-order valence-corrected chi connectivity index (χ1v) is 9.74. The normalized spacial score (nSPS) is 16.8. The number of amides is 2. The minimum atomic E-state index is -1.12. The molecule has 2 aromatic rings. The van der Waals surface area contributed by atoms with Crippen molar-refractivity contribution in [3.05, 3.63) is 66.2 Å². The van der Waals surface area contributed by atoms with Gasteiger partial charge in [-0.3, -0.25) is 0 Å². The first kappa shape index (κ1) is 20.2. The molecular formula is C22H28N2O4. The van der Waals surface area contributed by atoms with Crippen molar-refractivity contribution >= 4 is 6.03 Å². The Bertz CT molecular complexity index is 720. The van der Waals surface area contributed by atoms with Crippen LogP contribution in [0.4, 0.5) is 4.79 Å². The number of benzene rings is 2. The second-order valence-electron chi connectivity index (χ2n) is 6.95. The predicted octanol–water partition coefficient (Wildman–Crippen LogP) is 2.68. The molecule has 6 heteroatoms. The standard InChI is InChI=1S/C22H28N2O4/c25-21(23-13-16-28-20-9-5-2-6-10-20)24-17-22(26,18-7-3-1-4-8-18)19-11-14-27-15-12-19/h1-10,19,26H,11-17H2,(H2,23,24,25). The summed E-state index contributed by atoms with van der Waals surface area (Å²) in [5, 5.41) is 17.0. The average Bonchev–Trinajstić information content (AvgIpc) is 2.77. The monoisotopic (exact) mass is 384 g/mol. The lowest BCUT2D eigenvalue weighted by Crippen LogP contribution is -2.50. The largest absolute Gasteiger partial charge is 0.492 e. The fourth-order valence-corrected chi connectivity index (χ4v) is 3.51. The number of carbonyl (C=O) groups excluding carboxylic acids is 1. The first-order chi connectivity index (χ1) is 13.7. The number of rotatable bonds is 8. The maximum atomic E-state index is 12.2. The van der Waals surface area contributed by atoms with Crippen LogP contribution in [0.15, 0.2) is 60.7 Å². The van der Waals surface area contributed by atoms with E-state index in [0.29, 0.717) is 26.4 Å². The lowest BCUT2D eigenvalue weighted by atomic mass is 9.77. The number of carbonyl (C=O) groups is 1. The van der Waals surface area contributed by atoms with Crippen LogP contribution in [-0.2, 0) is 10.3 Å². The molecule has 0 aliphatic carbocycles. The summed E-state index contributed by atoms with van der Waals surface area (Å²) >= 11 is 0. The molecule has 0 aromatic heterocycles. The summed E-state index contributed by atoms with van der Waals surface area (Å²) in [4.78, 5) is 12.2. The van der Waals surface area contributed by atoms with E-state index >= 15 is 0 Å². The Morgan fingerprint density at radius 1 is 1.04 bits per heavy atom. The van der Waals surface area contributed by atoms with E-state index in [9.17, 15) is 9.90 Å². The van der Waals surface area contributed by atoms with Crippen LogP contribution in [0.2, 0.25) is 0 Å². The number of aliphatic hydroxyl groups is 1. The maximum Gasteiger partial charge on any atom is 0.315 e. The highest BCUT2D eigenvalue weighted by Crippen LogP contribution is 2.35. The van der Waals surface area contributed by atoms with Crippen molar-refractivity contribution in [2.45, 2.75) is 18.4 Å². The number of hydrogen-bond donors (Lipinski definition) is 3. The smallest absolute Gasteiger partial charge is 0.315 e. The van der Waals surface area contributed by atoms with Crippen LogP contribution in [0, 0.1) is 5.92 Å². The molecule has 1 atom stereocenters. The SMILES string of the molecule is O=C(NCCOc1ccccc1)NCC(O)(c1ccccc1)C1CCOCC1. The van der Waals surface area contributed by atoms with Crippen molar-refractivity contribution in [3.63, 3.8) is 0 Å². The Morgan fingerprint density at radius 3 is 2.36 bits per heavy atom. The summed E-state index contributed by atoms with van der Waals surface area (Å²) in [5.41, 5.74) is -0.308. The zero-order chi connectivity index (χ0) is 19.7. The van der Waals surface area contributed by atoms with Crippen LogP contribution < -0.4 is 15.4 Å². The van der Waals surface area contributed by atoms with Crippen molar-refractivity contribution < 1.29 is 19.4 Å². The Kier molecular flexibility index (Phi) is 7.28. The topological polar surface area (TPSA) is 79.8 Å². The van der Waals surface area contributed by atoms with Crippen LogP contribution >= 0.6 is 0 Å². The van der Waals surface area contributed by atoms with Gasteiger partial charge in [-0.2, -0.15) is 0 Å². The number of para-hydroxylation sites is 1. The summed E-state index contributed by atoms with van der Waals surface area (Å²) < 4.78 is 11.0. The number of ether oxygens (including phenoxy) is 2. The van der Waals surface area contributed by atoms with Gasteiger partial charge >= 0.3 is 6.03 Å². The van der Waals surface area contributed by atoms with Gasteiger partial charge in [0.05, 0.1) is 13.1 Å². The van der Waals surface area contributed by atoms with E-state index in [4.69, 9.17) is 9.47 Å². The zero-order valence-corrected chi connectivity index (χ0v) is 16.0. The van der Waals surface area contributed by atoms with E-state index in [1.165, 1.54) is 0 Å². The molecule has 2 aromatic carbocycles. The molecule has 2 amide bonds. The van der Waals surface area contributed by atoms with Crippen LogP contribution in [0.1, 0.15) is 18.4 Å².